The van der Waals surface area contributed by atoms with Gasteiger partial charge in [-0.25, -0.2) is 4.39 Å². The molecular weight excluding hydrogens is 261 g/mol. The van der Waals surface area contributed by atoms with Crippen LogP contribution in [0.5, 0.6) is 5.75 Å². The highest BCUT2D eigenvalue weighted by Crippen LogP contribution is 2.26. The molecule has 0 aliphatic heterocycles. The summed E-state index contributed by atoms with van der Waals surface area (Å²) in [6.07, 6.45) is 0.800. The molecule has 0 aliphatic carbocycles. The molecule has 0 spiro atoms. The van der Waals surface area contributed by atoms with Crippen LogP contribution in [0.1, 0.15) is 38.8 Å². The van der Waals surface area contributed by atoms with E-state index in [1.54, 1.807) is 6.92 Å². The Bertz CT molecular complexity index is 464. The highest BCUT2D eigenvalue weighted by atomic mass is 19.1. The average Bonchev–Trinajstić information content (AvgIpc) is 2.45. The third kappa shape index (κ3) is 3.93. The first-order valence-electron chi connectivity index (χ1n) is 6.73. The Morgan fingerprint density at radius 3 is 2.65 bits per heavy atom. The van der Waals surface area contributed by atoms with E-state index in [0.717, 1.165) is 6.42 Å². The van der Waals surface area contributed by atoms with Crippen LogP contribution in [-0.4, -0.2) is 24.2 Å². The van der Waals surface area contributed by atoms with Crippen molar-refractivity contribution in [2.24, 2.45) is 5.92 Å². The molecule has 0 saturated carbocycles. The first-order chi connectivity index (χ1) is 9.40. The molecule has 1 aromatic carbocycles. The zero-order chi connectivity index (χ0) is 15.3. The summed E-state index contributed by atoms with van der Waals surface area (Å²) in [5.74, 6) is -0.716. The van der Waals surface area contributed by atoms with Crippen LogP contribution < -0.4 is 5.32 Å². The molecule has 0 heterocycles. The minimum Gasteiger partial charge on any atom is -0.508 e. The molecule has 1 rings (SSSR count). The number of hydrogen-bond acceptors (Lipinski definition) is 4. The van der Waals surface area contributed by atoms with Crippen molar-refractivity contribution in [1.29, 1.82) is 0 Å². The number of hydrogen-bond donors (Lipinski definition) is 2. The molecule has 3 unspecified atom stereocenters. The zero-order valence-electron chi connectivity index (χ0n) is 12.3. The molecule has 0 aliphatic rings. The van der Waals surface area contributed by atoms with Gasteiger partial charge in [0.2, 0.25) is 0 Å². The SMILES string of the molecule is CCC(C)C(NC(C)c1cc(F)ccc1O)C(=O)OC. The Hall–Kier alpha value is -1.62. The van der Waals surface area contributed by atoms with Crippen molar-refractivity contribution in [3.63, 3.8) is 0 Å². The fraction of sp³-hybridized carbons (Fsp3) is 0.533. The standard InChI is InChI=1S/C15H22FNO3/c1-5-9(2)14(15(19)20-4)17-10(3)12-8-11(16)6-7-13(12)18/h6-10,14,17-18H,5H2,1-4H3. The first kappa shape index (κ1) is 16.4. The number of carbonyl (C=O) groups excluding carboxylic acids is 1. The second kappa shape index (κ2) is 7.24. The van der Waals surface area contributed by atoms with Gasteiger partial charge in [-0.05, 0) is 31.0 Å². The van der Waals surface area contributed by atoms with Crippen LogP contribution in [0.2, 0.25) is 0 Å². The number of benzene rings is 1. The summed E-state index contributed by atoms with van der Waals surface area (Å²) in [6.45, 7) is 5.69. The van der Waals surface area contributed by atoms with Crippen LogP contribution in [0.15, 0.2) is 18.2 Å². The number of ether oxygens (including phenoxy) is 1. The summed E-state index contributed by atoms with van der Waals surface area (Å²) in [4.78, 5) is 11.8. The molecule has 0 radical (unpaired) electrons. The van der Waals surface area contributed by atoms with E-state index in [9.17, 15) is 14.3 Å². The van der Waals surface area contributed by atoms with E-state index in [2.05, 4.69) is 5.32 Å². The highest BCUT2D eigenvalue weighted by Gasteiger charge is 2.27. The molecule has 112 valence electrons. The van der Waals surface area contributed by atoms with Crippen molar-refractivity contribution in [2.45, 2.75) is 39.3 Å². The molecule has 0 amide bonds. The van der Waals surface area contributed by atoms with Crippen LogP contribution in [-0.2, 0) is 9.53 Å². The quantitative estimate of drug-likeness (QED) is 0.788. The van der Waals surface area contributed by atoms with E-state index >= 15 is 0 Å². The van der Waals surface area contributed by atoms with Crippen molar-refractivity contribution < 1.29 is 19.0 Å². The summed E-state index contributed by atoms with van der Waals surface area (Å²) in [6, 6.07) is 2.89. The second-order valence-corrected chi connectivity index (χ2v) is 4.98. The fourth-order valence-corrected chi connectivity index (χ4v) is 2.06. The van der Waals surface area contributed by atoms with Gasteiger partial charge in [0.25, 0.3) is 0 Å². The predicted molar refractivity (Wildman–Crippen MR) is 74.9 cm³/mol. The summed E-state index contributed by atoms with van der Waals surface area (Å²) in [7, 11) is 1.34. The van der Waals surface area contributed by atoms with Crippen LogP contribution >= 0.6 is 0 Å². The van der Waals surface area contributed by atoms with Crippen molar-refractivity contribution in [1.82, 2.24) is 5.32 Å². The van der Waals surface area contributed by atoms with E-state index in [-0.39, 0.29) is 23.7 Å². The minimum atomic E-state index is -0.498. The molecule has 0 fully saturated rings. The van der Waals surface area contributed by atoms with Gasteiger partial charge in [0.05, 0.1) is 7.11 Å². The van der Waals surface area contributed by atoms with Crippen molar-refractivity contribution in [3.05, 3.63) is 29.6 Å². The Balaban J connectivity index is 2.92. The van der Waals surface area contributed by atoms with Crippen molar-refractivity contribution in [2.75, 3.05) is 7.11 Å². The number of rotatable bonds is 6. The third-order valence-corrected chi connectivity index (χ3v) is 3.55. The molecule has 3 atom stereocenters. The topological polar surface area (TPSA) is 58.6 Å². The van der Waals surface area contributed by atoms with Gasteiger partial charge >= 0.3 is 5.97 Å². The number of aromatic hydroxyl groups is 1. The Labute approximate surface area is 119 Å². The lowest BCUT2D eigenvalue weighted by Gasteiger charge is -2.26. The van der Waals surface area contributed by atoms with Gasteiger partial charge in [0, 0.05) is 11.6 Å². The minimum absolute atomic E-state index is 0.000771. The molecule has 5 heteroatoms. The average molecular weight is 283 g/mol. The van der Waals surface area contributed by atoms with E-state index < -0.39 is 11.9 Å². The van der Waals surface area contributed by atoms with Gasteiger partial charge in [-0.3, -0.25) is 10.1 Å². The van der Waals surface area contributed by atoms with E-state index in [1.807, 2.05) is 13.8 Å². The summed E-state index contributed by atoms with van der Waals surface area (Å²) in [5.41, 5.74) is 0.419. The highest BCUT2D eigenvalue weighted by molar-refractivity contribution is 5.76. The molecule has 2 N–H and O–H groups in total. The smallest absolute Gasteiger partial charge is 0.323 e. The number of esters is 1. The molecular formula is C15H22FNO3. The van der Waals surface area contributed by atoms with Gasteiger partial charge in [-0.15, -0.1) is 0 Å². The zero-order valence-corrected chi connectivity index (χ0v) is 12.3. The number of methoxy groups -OCH3 is 1. The first-order valence-corrected chi connectivity index (χ1v) is 6.73. The lowest BCUT2D eigenvalue weighted by molar-refractivity contribution is -0.144. The Morgan fingerprint density at radius 2 is 2.10 bits per heavy atom. The monoisotopic (exact) mass is 283 g/mol. The fourth-order valence-electron chi connectivity index (χ4n) is 2.06. The molecule has 0 bridgehead atoms. The van der Waals surface area contributed by atoms with Crippen LogP contribution in [0, 0.1) is 11.7 Å². The second-order valence-electron chi connectivity index (χ2n) is 4.98. The van der Waals surface area contributed by atoms with E-state index in [4.69, 9.17) is 4.74 Å². The number of carbonyl (C=O) groups is 1. The summed E-state index contributed by atoms with van der Waals surface area (Å²) >= 11 is 0. The number of halogens is 1. The van der Waals surface area contributed by atoms with Gasteiger partial charge in [-0.1, -0.05) is 20.3 Å². The van der Waals surface area contributed by atoms with Gasteiger partial charge in [0.1, 0.15) is 17.6 Å². The number of phenols is 1. The van der Waals surface area contributed by atoms with E-state index in [1.165, 1.54) is 25.3 Å². The Morgan fingerprint density at radius 1 is 1.45 bits per heavy atom. The molecule has 20 heavy (non-hydrogen) atoms. The van der Waals surface area contributed by atoms with Crippen molar-refractivity contribution in [3.8, 4) is 5.75 Å². The summed E-state index contributed by atoms with van der Waals surface area (Å²) in [5, 5.41) is 12.9. The van der Waals surface area contributed by atoms with Crippen LogP contribution in [0.25, 0.3) is 0 Å². The van der Waals surface area contributed by atoms with Gasteiger partial charge < -0.3 is 9.84 Å². The Kier molecular flexibility index (Phi) is 5.95. The predicted octanol–water partition coefficient (Wildman–Crippen LogP) is 2.77. The van der Waals surface area contributed by atoms with Crippen molar-refractivity contribution >= 4 is 5.97 Å². The maximum Gasteiger partial charge on any atom is 0.323 e. The van der Waals surface area contributed by atoms with Crippen LogP contribution in [0.4, 0.5) is 4.39 Å². The normalized spacial score (nSPS) is 15.4. The summed E-state index contributed by atoms with van der Waals surface area (Å²) < 4.78 is 18.1. The molecule has 0 aromatic heterocycles. The number of nitrogens with one attached hydrogen (secondary N) is 1. The van der Waals surface area contributed by atoms with Gasteiger partial charge in [0.15, 0.2) is 0 Å². The maximum absolute atomic E-state index is 13.3. The van der Waals surface area contributed by atoms with Crippen LogP contribution in [0.3, 0.4) is 0 Å². The van der Waals surface area contributed by atoms with Gasteiger partial charge in [-0.2, -0.15) is 0 Å². The lowest BCUT2D eigenvalue weighted by atomic mass is 9.97. The van der Waals surface area contributed by atoms with E-state index in [0.29, 0.717) is 5.56 Å². The lowest BCUT2D eigenvalue weighted by Crippen LogP contribution is -2.43. The maximum atomic E-state index is 13.3. The number of phenolic OH excluding ortho intramolecular Hbond substituents is 1. The molecule has 1 aromatic rings. The largest absolute Gasteiger partial charge is 0.508 e. The molecule has 4 nitrogen and oxygen atoms in total. The molecule has 0 saturated heterocycles. The third-order valence-electron chi connectivity index (χ3n) is 3.55.